The standard InChI is InChI=1S/C35H54N2O6/c1-27(2)36-20-17-35(18-21-36,30-11-8-7-9-12-30)31-25-29(13-14-32(31)38)15-23-42-24-16-33(39)37(26-34(40-5)41-6)19-10-22-43-28(3)4/h7-9,11-14,25,27-28,34,38H,10,15-24,26H2,1-6H3. The molecule has 0 spiro atoms. The molecule has 1 N–H and O–H groups in total. The number of rotatable bonds is 18. The molecule has 43 heavy (non-hydrogen) atoms. The lowest BCUT2D eigenvalue weighted by Crippen LogP contribution is -2.45. The van der Waals surface area contributed by atoms with E-state index in [9.17, 15) is 9.90 Å². The van der Waals surface area contributed by atoms with Crippen LogP contribution in [0.4, 0.5) is 0 Å². The molecule has 0 aliphatic carbocycles. The third-order valence-corrected chi connectivity index (χ3v) is 8.55. The Morgan fingerprint density at radius 2 is 1.67 bits per heavy atom. The molecular formula is C35H54N2O6. The maximum Gasteiger partial charge on any atom is 0.225 e. The largest absolute Gasteiger partial charge is 0.508 e. The van der Waals surface area contributed by atoms with E-state index in [2.05, 4.69) is 49.1 Å². The van der Waals surface area contributed by atoms with E-state index in [0.29, 0.717) is 51.1 Å². The predicted molar refractivity (Wildman–Crippen MR) is 171 cm³/mol. The number of aromatic hydroxyl groups is 1. The topological polar surface area (TPSA) is 80.7 Å². The van der Waals surface area contributed by atoms with Crippen LogP contribution in [0.1, 0.15) is 70.1 Å². The Morgan fingerprint density at radius 3 is 2.30 bits per heavy atom. The number of nitrogens with zero attached hydrogens (tertiary/aromatic N) is 2. The number of phenolic OH excluding ortho intramolecular Hbond substituents is 1. The molecule has 2 aromatic carbocycles. The quantitative estimate of drug-likeness (QED) is 0.182. The second kappa shape index (κ2) is 17.7. The van der Waals surface area contributed by atoms with Gasteiger partial charge in [-0.15, -0.1) is 0 Å². The Balaban J connectivity index is 1.59. The van der Waals surface area contributed by atoms with Crippen LogP contribution in [0.5, 0.6) is 5.75 Å². The Bertz CT molecular complexity index is 1080. The SMILES string of the molecule is COC(CN(CCCOC(C)C)C(=O)CCOCCc1ccc(O)c(C2(c3ccccc3)CCN(C(C)C)CC2)c1)OC. The third kappa shape index (κ3) is 10.3. The van der Waals surface area contributed by atoms with Gasteiger partial charge >= 0.3 is 0 Å². The van der Waals surface area contributed by atoms with Gasteiger partial charge in [0.1, 0.15) is 5.75 Å². The first kappa shape index (κ1) is 35.0. The molecule has 1 saturated heterocycles. The molecule has 0 aromatic heterocycles. The molecule has 1 aliphatic heterocycles. The average molecular weight is 599 g/mol. The van der Waals surface area contributed by atoms with Gasteiger partial charge in [-0.1, -0.05) is 42.5 Å². The van der Waals surface area contributed by atoms with Gasteiger partial charge in [-0.05, 0) is 83.7 Å². The van der Waals surface area contributed by atoms with Crippen LogP contribution in [0, 0.1) is 0 Å². The maximum atomic E-state index is 13.0. The van der Waals surface area contributed by atoms with E-state index >= 15 is 0 Å². The van der Waals surface area contributed by atoms with Gasteiger partial charge in [0.15, 0.2) is 6.29 Å². The zero-order valence-corrected chi connectivity index (χ0v) is 27.2. The first-order chi connectivity index (χ1) is 20.7. The van der Waals surface area contributed by atoms with E-state index in [-0.39, 0.29) is 23.8 Å². The van der Waals surface area contributed by atoms with Crippen molar-refractivity contribution in [2.75, 3.05) is 60.2 Å². The highest BCUT2D eigenvalue weighted by molar-refractivity contribution is 5.76. The molecule has 0 saturated carbocycles. The van der Waals surface area contributed by atoms with E-state index in [1.807, 2.05) is 32.0 Å². The molecule has 0 atom stereocenters. The van der Waals surface area contributed by atoms with Crippen molar-refractivity contribution in [1.29, 1.82) is 0 Å². The Morgan fingerprint density at radius 1 is 0.977 bits per heavy atom. The molecule has 8 heteroatoms. The highest BCUT2D eigenvalue weighted by Crippen LogP contribution is 2.45. The number of hydrogen-bond acceptors (Lipinski definition) is 7. The summed E-state index contributed by atoms with van der Waals surface area (Å²) in [5.41, 5.74) is 3.14. The summed E-state index contributed by atoms with van der Waals surface area (Å²) in [6, 6.07) is 17.1. The molecule has 1 amide bonds. The van der Waals surface area contributed by atoms with Crippen molar-refractivity contribution >= 4 is 5.91 Å². The van der Waals surface area contributed by atoms with Crippen LogP contribution < -0.4 is 0 Å². The predicted octanol–water partition coefficient (Wildman–Crippen LogP) is 5.39. The minimum atomic E-state index is -0.476. The first-order valence-electron chi connectivity index (χ1n) is 15.8. The number of phenols is 1. The van der Waals surface area contributed by atoms with E-state index in [0.717, 1.165) is 43.5 Å². The molecule has 1 heterocycles. The van der Waals surface area contributed by atoms with Crippen molar-refractivity contribution in [3.63, 3.8) is 0 Å². The van der Waals surface area contributed by atoms with Crippen LogP contribution in [-0.2, 0) is 35.6 Å². The Hall–Kier alpha value is -2.49. The Kier molecular flexibility index (Phi) is 14.4. The summed E-state index contributed by atoms with van der Waals surface area (Å²) in [5.74, 6) is 0.356. The molecule has 0 unspecified atom stereocenters. The fourth-order valence-corrected chi connectivity index (χ4v) is 5.94. The first-order valence-corrected chi connectivity index (χ1v) is 15.8. The van der Waals surface area contributed by atoms with Gasteiger partial charge in [-0.3, -0.25) is 4.79 Å². The van der Waals surface area contributed by atoms with Gasteiger partial charge in [-0.2, -0.15) is 0 Å². The fourth-order valence-electron chi connectivity index (χ4n) is 5.94. The summed E-state index contributed by atoms with van der Waals surface area (Å²) in [7, 11) is 3.15. The van der Waals surface area contributed by atoms with Gasteiger partial charge in [0.2, 0.25) is 5.91 Å². The zero-order valence-electron chi connectivity index (χ0n) is 27.2. The number of hydrogen-bond donors (Lipinski definition) is 1. The lowest BCUT2D eigenvalue weighted by Gasteiger charge is -2.44. The van der Waals surface area contributed by atoms with Crippen LogP contribution in [0.3, 0.4) is 0 Å². The van der Waals surface area contributed by atoms with Crippen molar-refractivity contribution in [3.8, 4) is 5.75 Å². The van der Waals surface area contributed by atoms with Gasteiger partial charge < -0.3 is 33.9 Å². The highest BCUT2D eigenvalue weighted by Gasteiger charge is 2.40. The lowest BCUT2D eigenvalue weighted by molar-refractivity contribution is -0.146. The molecule has 1 fully saturated rings. The molecule has 3 rings (SSSR count). The number of methoxy groups -OCH3 is 2. The van der Waals surface area contributed by atoms with Gasteiger partial charge in [-0.25, -0.2) is 0 Å². The average Bonchev–Trinajstić information content (AvgIpc) is 3.01. The molecule has 0 bridgehead atoms. The van der Waals surface area contributed by atoms with Crippen molar-refractivity contribution in [1.82, 2.24) is 9.80 Å². The summed E-state index contributed by atoms with van der Waals surface area (Å²) in [5, 5.41) is 11.1. The highest BCUT2D eigenvalue weighted by atomic mass is 16.7. The summed E-state index contributed by atoms with van der Waals surface area (Å²) in [6.07, 6.45) is 3.33. The van der Waals surface area contributed by atoms with Crippen LogP contribution in [0.25, 0.3) is 0 Å². The summed E-state index contributed by atoms with van der Waals surface area (Å²) in [4.78, 5) is 17.3. The van der Waals surface area contributed by atoms with Gasteiger partial charge in [0.05, 0.1) is 32.3 Å². The molecule has 1 aliphatic rings. The number of likely N-dealkylation sites (tertiary alicyclic amines) is 1. The van der Waals surface area contributed by atoms with Crippen LogP contribution >= 0.6 is 0 Å². The van der Waals surface area contributed by atoms with Crippen molar-refractivity contribution in [2.24, 2.45) is 0 Å². The van der Waals surface area contributed by atoms with Crippen LogP contribution in [0.2, 0.25) is 0 Å². The van der Waals surface area contributed by atoms with E-state index in [1.165, 1.54) is 5.56 Å². The second-order valence-corrected chi connectivity index (χ2v) is 12.1. The summed E-state index contributed by atoms with van der Waals surface area (Å²) >= 11 is 0. The minimum absolute atomic E-state index is 0.00751. The number of amides is 1. The van der Waals surface area contributed by atoms with E-state index in [1.54, 1.807) is 19.1 Å². The molecular weight excluding hydrogens is 544 g/mol. The van der Waals surface area contributed by atoms with Crippen LogP contribution in [0.15, 0.2) is 48.5 Å². The molecule has 8 nitrogen and oxygen atoms in total. The van der Waals surface area contributed by atoms with Crippen molar-refractivity contribution < 1.29 is 28.8 Å². The number of carbonyl (C=O) groups excluding carboxylic acids is 1. The van der Waals surface area contributed by atoms with E-state index < -0.39 is 6.29 Å². The number of ether oxygens (including phenoxy) is 4. The Labute approximate surface area is 259 Å². The number of carbonyl (C=O) groups is 1. The van der Waals surface area contributed by atoms with E-state index in [4.69, 9.17) is 18.9 Å². The lowest BCUT2D eigenvalue weighted by atomic mass is 9.67. The fraction of sp³-hybridized carbons (Fsp3) is 0.629. The molecule has 2 aromatic rings. The molecule has 0 radical (unpaired) electrons. The summed E-state index contributed by atoms with van der Waals surface area (Å²) in [6.45, 7) is 12.9. The monoisotopic (exact) mass is 598 g/mol. The number of benzene rings is 2. The van der Waals surface area contributed by atoms with Gasteiger partial charge in [0.25, 0.3) is 0 Å². The van der Waals surface area contributed by atoms with Crippen molar-refractivity contribution in [3.05, 3.63) is 65.2 Å². The number of piperidine rings is 1. The molecule has 240 valence electrons. The van der Waals surface area contributed by atoms with Gasteiger partial charge in [0, 0.05) is 44.4 Å². The minimum Gasteiger partial charge on any atom is -0.508 e. The normalized spacial score (nSPS) is 15.5. The zero-order chi connectivity index (χ0) is 31.2. The third-order valence-electron chi connectivity index (χ3n) is 8.55. The maximum absolute atomic E-state index is 13.0. The summed E-state index contributed by atoms with van der Waals surface area (Å²) < 4.78 is 22.2. The second-order valence-electron chi connectivity index (χ2n) is 12.1. The van der Waals surface area contributed by atoms with Crippen molar-refractivity contribution in [2.45, 2.75) is 83.6 Å². The smallest absolute Gasteiger partial charge is 0.225 e. The van der Waals surface area contributed by atoms with Crippen LogP contribution in [-0.4, -0.2) is 99.5 Å².